The first-order chi connectivity index (χ1) is 9.65. The normalized spacial score (nSPS) is 26.1. The minimum Gasteiger partial charge on any atom is -0.508 e. The molecule has 0 spiro atoms. The van der Waals surface area contributed by atoms with Crippen molar-refractivity contribution in [3.8, 4) is 11.5 Å². The number of phenols is 2. The molecule has 1 saturated heterocycles. The van der Waals surface area contributed by atoms with Crippen molar-refractivity contribution in [3.63, 3.8) is 0 Å². The lowest BCUT2D eigenvalue weighted by Gasteiger charge is -2.34. The number of phenolic OH excluding ortho intramolecular Hbond substituents is 2. The maximum atomic E-state index is 9.68. The van der Waals surface area contributed by atoms with Crippen molar-refractivity contribution in [2.24, 2.45) is 5.92 Å². The van der Waals surface area contributed by atoms with Gasteiger partial charge < -0.3 is 10.2 Å². The minimum atomic E-state index is 0.156. The Morgan fingerprint density at radius 1 is 1.00 bits per heavy atom. The lowest BCUT2D eigenvalue weighted by Crippen LogP contribution is -2.36. The van der Waals surface area contributed by atoms with E-state index in [-0.39, 0.29) is 17.5 Å². The smallest absolute Gasteiger partial charge is 0.119 e. The fourth-order valence-electron chi connectivity index (χ4n) is 4.19. The van der Waals surface area contributed by atoms with Crippen molar-refractivity contribution >= 4 is 0 Å². The molecule has 2 unspecified atom stereocenters. The van der Waals surface area contributed by atoms with Gasteiger partial charge in [-0.3, -0.25) is 4.90 Å². The Hall–Kier alpha value is -1.22. The van der Waals surface area contributed by atoms with Gasteiger partial charge in [-0.05, 0) is 62.8 Å². The van der Waals surface area contributed by atoms with Crippen LogP contribution < -0.4 is 0 Å². The molecule has 1 heterocycles. The van der Waals surface area contributed by atoms with Gasteiger partial charge in [0.15, 0.2) is 0 Å². The molecule has 110 valence electrons. The van der Waals surface area contributed by atoms with Crippen LogP contribution in [0.1, 0.15) is 57.1 Å². The molecule has 20 heavy (non-hydrogen) atoms. The molecular formula is C17H25NO2. The molecule has 1 aromatic carbocycles. The van der Waals surface area contributed by atoms with E-state index in [1.54, 1.807) is 12.1 Å². The molecular weight excluding hydrogens is 250 g/mol. The number of nitrogens with zero attached hydrogens (tertiary/aromatic N) is 1. The topological polar surface area (TPSA) is 43.7 Å². The first-order valence-corrected chi connectivity index (χ1v) is 7.94. The second-order valence-corrected chi connectivity index (χ2v) is 6.45. The summed E-state index contributed by atoms with van der Waals surface area (Å²) in [6.07, 6.45) is 8.10. The van der Waals surface area contributed by atoms with Crippen LogP contribution in [-0.2, 0) is 0 Å². The molecule has 2 aliphatic rings. The minimum absolute atomic E-state index is 0.156. The Bertz CT molecular complexity index is 448. The van der Waals surface area contributed by atoms with E-state index < -0.39 is 0 Å². The van der Waals surface area contributed by atoms with Crippen LogP contribution in [0.3, 0.4) is 0 Å². The molecule has 0 amide bonds. The van der Waals surface area contributed by atoms with Crippen LogP contribution >= 0.6 is 0 Å². The second kappa shape index (κ2) is 5.65. The number of rotatable bonds is 3. The lowest BCUT2D eigenvalue weighted by molar-refractivity contribution is 0.144. The molecule has 2 fully saturated rings. The summed E-state index contributed by atoms with van der Waals surface area (Å²) in [6.45, 7) is 3.33. The van der Waals surface area contributed by atoms with Crippen molar-refractivity contribution in [2.45, 2.75) is 57.5 Å². The Morgan fingerprint density at radius 2 is 1.65 bits per heavy atom. The van der Waals surface area contributed by atoms with Gasteiger partial charge in [0.1, 0.15) is 11.5 Å². The summed E-state index contributed by atoms with van der Waals surface area (Å²) in [5.41, 5.74) is 1.02. The van der Waals surface area contributed by atoms with Gasteiger partial charge in [-0.2, -0.15) is 0 Å². The fraction of sp³-hybridized carbons (Fsp3) is 0.647. The standard InChI is InChI=1S/C17H25NO2/c1-12(14-9-15(19)11-16(20)10-14)18-8-4-7-17(18)13-5-2-3-6-13/h9-13,17,19-20H,2-8H2,1H3. The third-order valence-corrected chi connectivity index (χ3v) is 5.19. The molecule has 1 aliphatic carbocycles. The average molecular weight is 275 g/mol. The number of hydrogen-bond acceptors (Lipinski definition) is 3. The monoisotopic (exact) mass is 275 g/mol. The molecule has 1 saturated carbocycles. The van der Waals surface area contributed by atoms with Crippen molar-refractivity contribution in [2.75, 3.05) is 6.54 Å². The molecule has 2 atom stereocenters. The molecule has 0 radical (unpaired) electrons. The Morgan fingerprint density at radius 3 is 2.30 bits per heavy atom. The summed E-state index contributed by atoms with van der Waals surface area (Å²) in [4.78, 5) is 2.59. The van der Waals surface area contributed by atoms with E-state index in [1.165, 1.54) is 44.6 Å². The van der Waals surface area contributed by atoms with Crippen molar-refractivity contribution in [3.05, 3.63) is 23.8 Å². The van der Waals surface area contributed by atoms with Crippen LogP contribution in [0.5, 0.6) is 11.5 Å². The number of hydrogen-bond donors (Lipinski definition) is 2. The molecule has 2 N–H and O–H groups in total. The number of benzene rings is 1. The summed E-state index contributed by atoms with van der Waals surface area (Å²) in [5.74, 6) is 1.16. The molecule has 1 aromatic rings. The van der Waals surface area contributed by atoms with Crippen LogP contribution in [0.4, 0.5) is 0 Å². The highest BCUT2D eigenvalue weighted by molar-refractivity contribution is 5.38. The van der Waals surface area contributed by atoms with Crippen LogP contribution in [0.15, 0.2) is 18.2 Å². The van der Waals surface area contributed by atoms with E-state index >= 15 is 0 Å². The molecule has 3 rings (SSSR count). The Kier molecular flexibility index (Phi) is 3.88. The van der Waals surface area contributed by atoms with Crippen LogP contribution in [-0.4, -0.2) is 27.7 Å². The molecule has 3 heteroatoms. The third-order valence-electron chi connectivity index (χ3n) is 5.19. The number of aromatic hydroxyl groups is 2. The SMILES string of the molecule is CC(c1cc(O)cc(O)c1)N1CCCC1C1CCCC1. The van der Waals surface area contributed by atoms with E-state index in [0.29, 0.717) is 6.04 Å². The quantitative estimate of drug-likeness (QED) is 0.881. The van der Waals surface area contributed by atoms with E-state index in [2.05, 4.69) is 11.8 Å². The van der Waals surface area contributed by atoms with Gasteiger partial charge in [0.25, 0.3) is 0 Å². The number of likely N-dealkylation sites (tertiary alicyclic amines) is 1. The molecule has 3 nitrogen and oxygen atoms in total. The maximum Gasteiger partial charge on any atom is 0.119 e. The van der Waals surface area contributed by atoms with E-state index in [4.69, 9.17) is 0 Å². The Balaban J connectivity index is 1.79. The van der Waals surface area contributed by atoms with Gasteiger partial charge >= 0.3 is 0 Å². The molecule has 0 bridgehead atoms. The van der Waals surface area contributed by atoms with E-state index in [9.17, 15) is 10.2 Å². The van der Waals surface area contributed by atoms with Gasteiger partial charge in [-0.1, -0.05) is 12.8 Å². The lowest BCUT2D eigenvalue weighted by atomic mass is 9.94. The van der Waals surface area contributed by atoms with Crippen molar-refractivity contribution < 1.29 is 10.2 Å². The van der Waals surface area contributed by atoms with E-state index in [0.717, 1.165) is 18.0 Å². The van der Waals surface area contributed by atoms with Gasteiger partial charge in [0, 0.05) is 18.2 Å². The van der Waals surface area contributed by atoms with E-state index in [1.807, 2.05) is 0 Å². The van der Waals surface area contributed by atoms with Gasteiger partial charge in [-0.15, -0.1) is 0 Å². The zero-order chi connectivity index (χ0) is 14.1. The van der Waals surface area contributed by atoms with Crippen molar-refractivity contribution in [1.82, 2.24) is 4.90 Å². The highest BCUT2D eigenvalue weighted by Crippen LogP contribution is 2.40. The summed E-state index contributed by atoms with van der Waals surface area (Å²) >= 11 is 0. The van der Waals surface area contributed by atoms with Gasteiger partial charge in [-0.25, -0.2) is 0 Å². The zero-order valence-electron chi connectivity index (χ0n) is 12.3. The maximum absolute atomic E-state index is 9.68. The van der Waals surface area contributed by atoms with Gasteiger partial charge in [0.05, 0.1) is 0 Å². The predicted molar refractivity (Wildman–Crippen MR) is 79.9 cm³/mol. The largest absolute Gasteiger partial charge is 0.508 e. The average Bonchev–Trinajstić information content (AvgIpc) is 3.07. The summed E-state index contributed by atoms with van der Waals surface area (Å²) in [7, 11) is 0. The third kappa shape index (κ3) is 2.64. The van der Waals surface area contributed by atoms with Gasteiger partial charge in [0.2, 0.25) is 0 Å². The Labute approximate surface area is 121 Å². The zero-order valence-corrected chi connectivity index (χ0v) is 12.3. The van der Waals surface area contributed by atoms with Crippen LogP contribution in [0.2, 0.25) is 0 Å². The van der Waals surface area contributed by atoms with Crippen molar-refractivity contribution in [1.29, 1.82) is 0 Å². The second-order valence-electron chi connectivity index (χ2n) is 6.45. The highest BCUT2D eigenvalue weighted by Gasteiger charge is 2.35. The predicted octanol–water partition coefficient (Wildman–Crippen LogP) is 3.81. The molecule has 0 aromatic heterocycles. The fourth-order valence-corrected chi connectivity index (χ4v) is 4.19. The first kappa shape index (κ1) is 13.7. The highest BCUT2D eigenvalue weighted by atomic mass is 16.3. The van der Waals surface area contributed by atoms with Crippen LogP contribution in [0.25, 0.3) is 0 Å². The summed E-state index contributed by atoms with van der Waals surface area (Å²) < 4.78 is 0. The van der Waals surface area contributed by atoms with Crippen LogP contribution in [0, 0.1) is 5.92 Å². The summed E-state index contributed by atoms with van der Waals surface area (Å²) in [5, 5.41) is 19.4. The molecule has 1 aliphatic heterocycles. The first-order valence-electron chi connectivity index (χ1n) is 7.94. The summed E-state index contributed by atoms with van der Waals surface area (Å²) in [6, 6.07) is 5.93.